The molecule has 134 valence electrons. The predicted octanol–water partition coefficient (Wildman–Crippen LogP) is 3.55. The van der Waals surface area contributed by atoms with Gasteiger partial charge in [0.2, 0.25) is 0 Å². The summed E-state index contributed by atoms with van der Waals surface area (Å²) in [7, 11) is -3.86. The van der Waals surface area contributed by atoms with Crippen LogP contribution in [0.4, 0.5) is 11.4 Å². The first-order valence-corrected chi connectivity index (χ1v) is 9.98. The summed E-state index contributed by atoms with van der Waals surface area (Å²) < 4.78 is 31.3. The SMILES string of the molecule is Cc1nnsc1C(=O)Nc1cccc(S(=O)(=O)Nc2ccccc2Cl)c1. The Balaban J connectivity index is 1.83. The lowest BCUT2D eigenvalue weighted by atomic mass is 10.3. The lowest BCUT2D eigenvalue weighted by molar-refractivity contribution is 0.102. The maximum atomic E-state index is 12.6. The second-order valence-corrected chi connectivity index (χ2v) is 8.10. The topological polar surface area (TPSA) is 101 Å². The number of hydrogen-bond donors (Lipinski definition) is 2. The first-order valence-electron chi connectivity index (χ1n) is 7.34. The highest BCUT2D eigenvalue weighted by Gasteiger charge is 2.18. The van der Waals surface area contributed by atoms with Gasteiger partial charge in [-0.2, -0.15) is 0 Å². The van der Waals surface area contributed by atoms with Gasteiger partial charge < -0.3 is 5.32 Å². The fourth-order valence-electron chi connectivity index (χ4n) is 2.12. The third-order valence-corrected chi connectivity index (χ3v) is 5.90. The molecule has 1 heterocycles. The van der Waals surface area contributed by atoms with Crippen molar-refractivity contribution in [2.45, 2.75) is 11.8 Å². The molecular weight excluding hydrogens is 396 g/mol. The van der Waals surface area contributed by atoms with E-state index < -0.39 is 15.9 Å². The van der Waals surface area contributed by atoms with Crippen LogP contribution in [0.1, 0.15) is 15.4 Å². The third kappa shape index (κ3) is 4.01. The molecule has 0 saturated heterocycles. The fraction of sp³-hybridized carbons (Fsp3) is 0.0625. The van der Waals surface area contributed by atoms with Gasteiger partial charge in [-0.3, -0.25) is 9.52 Å². The normalized spacial score (nSPS) is 11.2. The molecule has 3 aromatic rings. The van der Waals surface area contributed by atoms with Crippen LogP contribution in [-0.2, 0) is 10.0 Å². The monoisotopic (exact) mass is 408 g/mol. The van der Waals surface area contributed by atoms with Crippen LogP contribution >= 0.6 is 23.1 Å². The molecule has 26 heavy (non-hydrogen) atoms. The molecule has 0 fully saturated rings. The van der Waals surface area contributed by atoms with Crippen molar-refractivity contribution >= 4 is 50.4 Å². The number of carbonyl (C=O) groups is 1. The molecule has 0 aliphatic heterocycles. The molecule has 2 aromatic carbocycles. The van der Waals surface area contributed by atoms with Gasteiger partial charge in [-0.25, -0.2) is 8.42 Å². The zero-order valence-corrected chi connectivity index (χ0v) is 15.8. The van der Waals surface area contributed by atoms with Crippen LogP contribution in [0.3, 0.4) is 0 Å². The van der Waals surface area contributed by atoms with Gasteiger partial charge in [0.1, 0.15) is 4.88 Å². The van der Waals surface area contributed by atoms with Gasteiger partial charge >= 0.3 is 0 Å². The summed E-state index contributed by atoms with van der Waals surface area (Å²) >= 11 is 6.97. The van der Waals surface area contributed by atoms with Crippen molar-refractivity contribution in [1.29, 1.82) is 0 Å². The quantitative estimate of drug-likeness (QED) is 0.672. The number of para-hydroxylation sites is 1. The standard InChI is InChI=1S/C16H13ClN4O3S2/c1-10-15(25-21-19-10)16(22)18-11-5-4-6-12(9-11)26(23,24)20-14-8-3-2-7-13(14)17/h2-9,20H,1H3,(H,18,22). The van der Waals surface area contributed by atoms with Gasteiger partial charge in [0.05, 0.1) is 21.3 Å². The summed E-state index contributed by atoms with van der Waals surface area (Å²) in [4.78, 5) is 12.6. The van der Waals surface area contributed by atoms with E-state index >= 15 is 0 Å². The van der Waals surface area contributed by atoms with Crippen LogP contribution in [0.25, 0.3) is 0 Å². The Bertz CT molecular complexity index is 1070. The molecule has 10 heteroatoms. The number of aromatic nitrogens is 2. The molecule has 0 bridgehead atoms. The second-order valence-electron chi connectivity index (χ2n) is 5.25. The molecule has 0 atom stereocenters. The van der Waals surface area contributed by atoms with E-state index in [9.17, 15) is 13.2 Å². The molecule has 2 N–H and O–H groups in total. The molecule has 3 rings (SSSR count). The largest absolute Gasteiger partial charge is 0.321 e. The molecule has 0 aliphatic rings. The summed E-state index contributed by atoms with van der Waals surface area (Å²) in [6, 6.07) is 12.4. The first kappa shape index (κ1) is 18.3. The Morgan fingerprint density at radius 3 is 2.62 bits per heavy atom. The predicted molar refractivity (Wildman–Crippen MR) is 101 cm³/mol. The number of carbonyl (C=O) groups excluding carboxylic acids is 1. The zero-order chi connectivity index (χ0) is 18.7. The number of anilines is 2. The molecule has 0 saturated carbocycles. The van der Waals surface area contributed by atoms with Crippen LogP contribution in [0.5, 0.6) is 0 Å². The van der Waals surface area contributed by atoms with Crippen molar-refractivity contribution in [3.8, 4) is 0 Å². The van der Waals surface area contributed by atoms with Gasteiger partial charge in [0, 0.05) is 5.69 Å². The number of benzene rings is 2. The van der Waals surface area contributed by atoms with Crippen molar-refractivity contribution in [3.63, 3.8) is 0 Å². The van der Waals surface area contributed by atoms with Gasteiger partial charge in [0.15, 0.2) is 0 Å². The van der Waals surface area contributed by atoms with Crippen molar-refractivity contribution in [3.05, 3.63) is 64.1 Å². The van der Waals surface area contributed by atoms with Crippen LogP contribution in [0, 0.1) is 6.92 Å². The number of amides is 1. The summed E-state index contributed by atoms with van der Waals surface area (Å²) in [5, 5.41) is 6.71. The molecule has 0 spiro atoms. The minimum absolute atomic E-state index is 0.00521. The van der Waals surface area contributed by atoms with Gasteiger partial charge in [-0.1, -0.05) is 34.3 Å². The van der Waals surface area contributed by atoms with E-state index in [1.54, 1.807) is 37.3 Å². The summed E-state index contributed by atoms with van der Waals surface area (Å²) in [6.45, 7) is 1.67. The Morgan fingerprint density at radius 1 is 1.15 bits per heavy atom. The van der Waals surface area contributed by atoms with E-state index in [-0.39, 0.29) is 15.6 Å². The van der Waals surface area contributed by atoms with Gasteiger partial charge in [0.25, 0.3) is 15.9 Å². The van der Waals surface area contributed by atoms with Crippen molar-refractivity contribution < 1.29 is 13.2 Å². The minimum atomic E-state index is -3.86. The number of rotatable bonds is 5. The maximum absolute atomic E-state index is 12.6. The number of hydrogen-bond acceptors (Lipinski definition) is 6. The highest BCUT2D eigenvalue weighted by Crippen LogP contribution is 2.25. The number of nitrogens with zero attached hydrogens (tertiary/aromatic N) is 2. The van der Waals surface area contributed by atoms with Crippen molar-refractivity contribution in [1.82, 2.24) is 9.59 Å². The number of halogens is 1. The van der Waals surface area contributed by atoms with E-state index in [2.05, 4.69) is 19.6 Å². The van der Waals surface area contributed by atoms with Crippen molar-refractivity contribution in [2.24, 2.45) is 0 Å². The molecule has 0 radical (unpaired) electrons. The molecule has 0 aliphatic carbocycles. The summed E-state index contributed by atoms with van der Waals surface area (Å²) in [5.41, 5.74) is 1.12. The van der Waals surface area contributed by atoms with E-state index in [0.29, 0.717) is 16.3 Å². The highest BCUT2D eigenvalue weighted by molar-refractivity contribution is 7.92. The maximum Gasteiger partial charge on any atom is 0.269 e. The second kappa shape index (κ2) is 7.40. The number of sulfonamides is 1. The van der Waals surface area contributed by atoms with Crippen molar-refractivity contribution in [2.75, 3.05) is 10.0 Å². The highest BCUT2D eigenvalue weighted by atomic mass is 35.5. The Morgan fingerprint density at radius 2 is 1.92 bits per heavy atom. The van der Waals surface area contributed by atoms with Crippen LogP contribution in [0.15, 0.2) is 53.4 Å². The van der Waals surface area contributed by atoms with Crippen LogP contribution < -0.4 is 10.0 Å². The lowest BCUT2D eigenvalue weighted by Crippen LogP contribution is -2.15. The Hall–Kier alpha value is -2.49. The fourth-order valence-corrected chi connectivity index (χ4v) is 4.03. The van der Waals surface area contributed by atoms with E-state index in [4.69, 9.17) is 11.6 Å². The van der Waals surface area contributed by atoms with E-state index in [0.717, 1.165) is 11.5 Å². The minimum Gasteiger partial charge on any atom is -0.321 e. The van der Waals surface area contributed by atoms with E-state index in [1.807, 2.05) is 0 Å². The zero-order valence-electron chi connectivity index (χ0n) is 13.4. The van der Waals surface area contributed by atoms with Crippen LogP contribution in [0.2, 0.25) is 5.02 Å². The average molecular weight is 409 g/mol. The average Bonchev–Trinajstić information content (AvgIpc) is 3.03. The third-order valence-electron chi connectivity index (χ3n) is 3.38. The van der Waals surface area contributed by atoms with Crippen LogP contribution in [-0.4, -0.2) is 23.9 Å². The first-order chi connectivity index (χ1) is 12.4. The lowest BCUT2D eigenvalue weighted by Gasteiger charge is -2.11. The summed E-state index contributed by atoms with van der Waals surface area (Å²) in [5.74, 6) is -0.397. The Labute approximate surface area is 159 Å². The smallest absolute Gasteiger partial charge is 0.269 e. The number of nitrogens with one attached hydrogen (secondary N) is 2. The molecular formula is C16H13ClN4O3S2. The van der Waals surface area contributed by atoms with Gasteiger partial charge in [-0.05, 0) is 48.8 Å². The molecule has 1 aromatic heterocycles. The van der Waals surface area contributed by atoms with E-state index in [1.165, 1.54) is 18.2 Å². The summed E-state index contributed by atoms with van der Waals surface area (Å²) in [6.07, 6.45) is 0. The molecule has 0 unspecified atom stereocenters. The van der Waals surface area contributed by atoms with Gasteiger partial charge in [-0.15, -0.1) is 5.10 Å². The Kier molecular flexibility index (Phi) is 5.21. The molecule has 7 nitrogen and oxygen atoms in total. The molecule has 1 amide bonds. The number of aryl methyl sites for hydroxylation is 1.